The monoisotopic (exact) mass is 346 g/mol. The van der Waals surface area contributed by atoms with Gasteiger partial charge in [0.15, 0.2) is 0 Å². The number of hydrogen-bond acceptors (Lipinski definition) is 4. The van der Waals surface area contributed by atoms with E-state index in [2.05, 4.69) is 5.43 Å². The number of hydrogen-bond donors (Lipinski definition) is 1. The lowest BCUT2D eigenvalue weighted by Crippen LogP contribution is -2.46. The molecule has 3 amide bonds. The van der Waals surface area contributed by atoms with Crippen LogP contribution in [0.5, 0.6) is 0 Å². The fourth-order valence-corrected chi connectivity index (χ4v) is 4.57. The van der Waals surface area contributed by atoms with E-state index in [0.717, 1.165) is 21.9 Å². The number of imide groups is 1. The minimum atomic E-state index is -0.377. The summed E-state index contributed by atoms with van der Waals surface area (Å²) in [6.07, 6.45) is 1.95. The van der Waals surface area contributed by atoms with E-state index < -0.39 is 0 Å². The van der Waals surface area contributed by atoms with Crippen LogP contribution in [-0.2, 0) is 16.0 Å². The second-order valence-electron chi connectivity index (χ2n) is 6.67. The summed E-state index contributed by atoms with van der Waals surface area (Å²) in [7, 11) is 0. The molecule has 1 aliphatic heterocycles. The summed E-state index contributed by atoms with van der Waals surface area (Å²) in [5.41, 5.74) is 6.43. The third kappa shape index (κ3) is 2.59. The van der Waals surface area contributed by atoms with Gasteiger partial charge in [-0.3, -0.25) is 19.8 Å². The van der Waals surface area contributed by atoms with Gasteiger partial charge >= 0.3 is 0 Å². The van der Waals surface area contributed by atoms with Gasteiger partial charge in [0.25, 0.3) is 17.7 Å². The number of allylic oxidation sites excluding steroid dienone is 2. The number of hydrazine groups is 1. The van der Waals surface area contributed by atoms with Crippen molar-refractivity contribution in [1.29, 1.82) is 0 Å². The Morgan fingerprint density at radius 2 is 1.71 bits per heavy atom. The molecule has 0 spiro atoms. The first-order valence-corrected chi connectivity index (χ1v) is 9.14. The van der Waals surface area contributed by atoms with Gasteiger partial charge in [-0.15, -0.1) is 11.3 Å². The summed E-state index contributed by atoms with van der Waals surface area (Å²) < 4.78 is 0. The molecule has 1 saturated heterocycles. The van der Waals surface area contributed by atoms with Crippen LogP contribution in [0.3, 0.4) is 0 Å². The maximum absolute atomic E-state index is 12.6. The molecule has 1 aromatic rings. The number of amides is 3. The molecule has 6 heteroatoms. The molecular formula is C18H22N2O3S. The minimum absolute atomic E-state index is 0.282. The summed E-state index contributed by atoms with van der Waals surface area (Å²) in [6.45, 7) is 7.97. The molecule has 128 valence electrons. The first-order chi connectivity index (χ1) is 11.3. The highest BCUT2D eigenvalue weighted by Gasteiger charge is 2.50. The number of aryl methyl sites for hydroxylation is 1. The summed E-state index contributed by atoms with van der Waals surface area (Å²) in [5.74, 6) is -1.61. The molecule has 2 heterocycles. The van der Waals surface area contributed by atoms with E-state index in [1.165, 1.54) is 22.5 Å². The lowest BCUT2D eigenvalue weighted by atomic mass is 9.78. The Morgan fingerprint density at radius 1 is 1.17 bits per heavy atom. The van der Waals surface area contributed by atoms with Crippen molar-refractivity contribution in [2.75, 3.05) is 0 Å². The second kappa shape index (κ2) is 6.16. The molecule has 1 aromatic heterocycles. The maximum Gasteiger partial charge on any atom is 0.271 e. The summed E-state index contributed by atoms with van der Waals surface area (Å²) in [6, 6.07) is 0. The van der Waals surface area contributed by atoms with Gasteiger partial charge in [0, 0.05) is 10.3 Å². The summed E-state index contributed by atoms with van der Waals surface area (Å²) in [5, 5.41) is 2.74. The van der Waals surface area contributed by atoms with Gasteiger partial charge in [-0.2, -0.15) is 5.01 Å². The van der Waals surface area contributed by atoms with Crippen molar-refractivity contribution in [2.45, 2.75) is 47.0 Å². The molecule has 0 aromatic carbocycles. The largest absolute Gasteiger partial charge is 0.272 e. The average molecular weight is 346 g/mol. The Balaban J connectivity index is 1.80. The number of nitrogens with one attached hydrogen (secondary N) is 1. The van der Waals surface area contributed by atoms with Crippen LogP contribution in [0.2, 0.25) is 0 Å². The van der Waals surface area contributed by atoms with Crippen LogP contribution in [0, 0.1) is 18.8 Å². The van der Waals surface area contributed by atoms with E-state index in [4.69, 9.17) is 0 Å². The highest BCUT2D eigenvalue weighted by molar-refractivity contribution is 7.10. The van der Waals surface area contributed by atoms with Gasteiger partial charge in [0.05, 0.1) is 17.4 Å². The molecule has 0 bridgehead atoms. The summed E-state index contributed by atoms with van der Waals surface area (Å²) in [4.78, 5) is 38.8. The van der Waals surface area contributed by atoms with Gasteiger partial charge in [0.1, 0.15) is 0 Å². The van der Waals surface area contributed by atoms with Crippen molar-refractivity contribution in [2.24, 2.45) is 11.8 Å². The van der Waals surface area contributed by atoms with Crippen molar-refractivity contribution >= 4 is 29.1 Å². The van der Waals surface area contributed by atoms with Gasteiger partial charge in [-0.25, -0.2) is 0 Å². The van der Waals surface area contributed by atoms with Crippen LogP contribution in [0.4, 0.5) is 0 Å². The van der Waals surface area contributed by atoms with Crippen molar-refractivity contribution in [3.05, 3.63) is 32.5 Å². The van der Waals surface area contributed by atoms with Crippen LogP contribution in [0.1, 0.15) is 54.4 Å². The van der Waals surface area contributed by atoms with Crippen molar-refractivity contribution in [3.63, 3.8) is 0 Å². The number of carbonyl (C=O) groups is 3. The van der Waals surface area contributed by atoms with Gasteiger partial charge < -0.3 is 0 Å². The van der Waals surface area contributed by atoms with Gasteiger partial charge in [-0.1, -0.05) is 18.1 Å². The zero-order chi connectivity index (χ0) is 17.6. The highest BCUT2D eigenvalue weighted by Crippen LogP contribution is 2.40. The van der Waals surface area contributed by atoms with Crippen LogP contribution in [0.15, 0.2) is 16.5 Å². The van der Waals surface area contributed by atoms with E-state index in [-0.39, 0.29) is 29.6 Å². The molecule has 1 fully saturated rings. The molecule has 2 atom stereocenters. The van der Waals surface area contributed by atoms with Crippen molar-refractivity contribution < 1.29 is 14.4 Å². The molecule has 0 radical (unpaired) electrons. The number of carbonyl (C=O) groups excluding carboxylic acids is 3. The topological polar surface area (TPSA) is 66.5 Å². The Bertz CT molecular complexity index is 730. The van der Waals surface area contributed by atoms with Crippen LogP contribution in [0.25, 0.3) is 0 Å². The van der Waals surface area contributed by atoms with E-state index in [0.29, 0.717) is 18.4 Å². The minimum Gasteiger partial charge on any atom is -0.272 e. The second-order valence-corrected chi connectivity index (χ2v) is 7.76. The molecule has 0 unspecified atom stereocenters. The molecule has 1 aliphatic carbocycles. The first kappa shape index (κ1) is 16.9. The molecular weight excluding hydrogens is 324 g/mol. The molecule has 5 nitrogen and oxygen atoms in total. The first-order valence-electron chi connectivity index (χ1n) is 8.26. The lowest BCUT2D eigenvalue weighted by molar-refractivity contribution is -0.142. The third-order valence-electron chi connectivity index (χ3n) is 5.26. The Kier molecular flexibility index (Phi) is 4.34. The van der Waals surface area contributed by atoms with Crippen molar-refractivity contribution in [3.8, 4) is 0 Å². The molecule has 1 N–H and O–H groups in total. The third-order valence-corrected chi connectivity index (χ3v) is 6.21. The molecule has 24 heavy (non-hydrogen) atoms. The number of fused-ring (bicyclic) bond motifs is 1. The Hall–Kier alpha value is -1.95. The zero-order valence-corrected chi connectivity index (χ0v) is 15.3. The maximum atomic E-state index is 12.6. The summed E-state index contributed by atoms with van der Waals surface area (Å²) >= 11 is 1.51. The van der Waals surface area contributed by atoms with E-state index in [1.54, 1.807) is 5.38 Å². The van der Waals surface area contributed by atoms with Crippen LogP contribution >= 0.6 is 11.3 Å². The fourth-order valence-electron chi connectivity index (χ4n) is 3.63. The number of nitrogens with zero attached hydrogens (tertiary/aromatic N) is 1. The van der Waals surface area contributed by atoms with Crippen LogP contribution in [-0.4, -0.2) is 22.7 Å². The smallest absolute Gasteiger partial charge is 0.271 e. The number of thiophene rings is 1. The quantitative estimate of drug-likeness (QED) is 0.676. The molecule has 3 rings (SSSR count). The normalized spacial score (nSPS) is 23.8. The van der Waals surface area contributed by atoms with E-state index in [1.807, 2.05) is 27.7 Å². The zero-order valence-electron chi connectivity index (χ0n) is 14.4. The van der Waals surface area contributed by atoms with Gasteiger partial charge in [-0.05, 0) is 45.6 Å². The molecule has 2 aliphatic rings. The molecule has 0 saturated carbocycles. The SMILES string of the molecule is CCc1c(C(=O)NN2C(=O)[C@H]3CC(C)=C(C)C[C@@H]3C2=O)csc1C. The standard InChI is InChI=1S/C18H22N2O3S/c1-5-12-11(4)24-8-15(12)16(21)19-20-17(22)13-6-9(2)10(3)7-14(13)18(20)23/h8,13-14H,5-7H2,1-4H3,(H,19,21)/t13-,14-/m0/s1. The van der Waals surface area contributed by atoms with Gasteiger partial charge in [0.2, 0.25) is 0 Å². The Labute approximate surface area is 145 Å². The van der Waals surface area contributed by atoms with E-state index >= 15 is 0 Å². The highest BCUT2D eigenvalue weighted by atomic mass is 32.1. The fraction of sp³-hybridized carbons (Fsp3) is 0.500. The average Bonchev–Trinajstić information content (AvgIpc) is 3.02. The van der Waals surface area contributed by atoms with Crippen molar-refractivity contribution in [1.82, 2.24) is 10.4 Å². The predicted octanol–water partition coefficient (Wildman–Crippen LogP) is 3.00. The number of rotatable bonds is 3. The Morgan fingerprint density at radius 3 is 2.21 bits per heavy atom. The van der Waals surface area contributed by atoms with Crippen LogP contribution < -0.4 is 5.43 Å². The lowest BCUT2D eigenvalue weighted by Gasteiger charge is -2.23. The predicted molar refractivity (Wildman–Crippen MR) is 92.3 cm³/mol. The van der Waals surface area contributed by atoms with E-state index in [9.17, 15) is 14.4 Å².